The molecule has 130 valence electrons. The zero-order valence-electron chi connectivity index (χ0n) is 14.6. The van der Waals surface area contributed by atoms with Crippen molar-refractivity contribution in [3.05, 3.63) is 60.2 Å². The number of fused-ring (bicyclic) bond motifs is 1. The lowest BCUT2D eigenvalue weighted by Gasteiger charge is -2.32. The van der Waals surface area contributed by atoms with Crippen molar-refractivity contribution in [1.29, 1.82) is 0 Å². The van der Waals surface area contributed by atoms with E-state index in [9.17, 15) is 0 Å². The molecule has 1 saturated heterocycles. The predicted molar refractivity (Wildman–Crippen MR) is 98.0 cm³/mol. The molecule has 0 spiro atoms. The number of pyridine rings is 1. The molecule has 1 aliphatic heterocycles. The van der Waals surface area contributed by atoms with Gasteiger partial charge in [-0.3, -0.25) is 9.88 Å². The molecule has 0 radical (unpaired) electrons. The number of hydrogen-bond donors (Lipinski definition) is 0. The van der Waals surface area contributed by atoms with Crippen LogP contribution in [-0.4, -0.2) is 38.6 Å². The normalized spacial score (nSPS) is 18.7. The van der Waals surface area contributed by atoms with Crippen LogP contribution in [0.2, 0.25) is 0 Å². The molecule has 0 saturated carbocycles. The smallest absolute Gasteiger partial charge is 0.123 e. The van der Waals surface area contributed by atoms with Gasteiger partial charge in [0.05, 0.1) is 30.3 Å². The summed E-state index contributed by atoms with van der Waals surface area (Å²) in [5.74, 6) is 1.12. The molecular formula is C20H24N4O. The highest BCUT2D eigenvalue weighted by molar-refractivity contribution is 5.75. The molecule has 1 fully saturated rings. The van der Waals surface area contributed by atoms with E-state index in [2.05, 4.69) is 45.8 Å². The van der Waals surface area contributed by atoms with Crippen molar-refractivity contribution < 1.29 is 4.74 Å². The van der Waals surface area contributed by atoms with E-state index in [1.54, 1.807) is 6.20 Å². The van der Waals surface area contributed by atoms with E-state index in [0.29, 0.717) is 6.61 Å². The number of aryl methyl sites for hydroxylation is 1. The van der Waals surface area contributed by atoms with Gasteiger partial charge in [0, 0.05) is 26.0 Å². The number of imidazole rings is 1. The van der Waals surface area contributed by atoms with Gasteiger partial charge in [0.15, 0.2) is 0 Å². The molecule has 1 aromatic carbocycles. The van der Waals surface area contributed by atoms with Gasteiger partial charge in [0.25, 0.3) is 0 Å². The average Bonchev–Trinajstić information content (AvgIpc) is 2.97. The van der Waals surface area contributed by atoms with Crippen molar-refractivity contribution in [3.63, 3.8) is 0 Å². The van der Waals surface area contributed by atoms with Gasteiger partial charge in [0.2, 0.25) is 0 Å². The van der Waals surface area contributed by atoms with Gasteiger partial charge in [-0.2, -0.15) is 0 Å². The topological polar surface area (TPSA) is 43.2 Å². The Labute approximate surface area is 148 Å². The minimum Gasteiger partial charge on any atom is -0.372 e. The molecule has 3 aromatic rings. The third-order valence-corrected chi connectivity index (χ3v) is 4.92. The van der Waals surface area contributed by atoms with E-state index in [0.717, 1.165) is 43.0 Å². The predicted octanol–water partition coefficient (Wildman–Crippen LogP) is 3.15. The van der Waals surface area contributed by atoms with Crippen LogP contribution in [0.25, 0.3) is 11.0 Å². The molecule has 25 heavy (non-hydrogen) atoms. The first kappa shape index (κ1) is 16.2. The van der Waals surface area contributed by atoms with Crippen molar-refractivity contribution in [2.75, 3.05) is 13.1 Å². The Morgan fingerprint density at radius 1 is 1.20 bits per heavy atom. The number of hydrogen-bond acceptors (Lipinski definition) is 4. The zero-order valence-corrected chi connectivity index (χ0v) is 14.6. The Balaban J connectivity index is 1.38. The maximum atomic E-state index is 6.12. The van der Waals surface area contributed by atoms with E-state index in [4.69, 9.17) is 9.72 Å². The Morgan fingerprint density at radius 2 is 2.12 bits per heavy atom. The highest BCUT2D eigenvalue weighted by Gasteiger charge is 2.22. The second-order valence-electron chi connectivity index (χ2n) is 6.75. The fraction of sp³-hybridized carbons (Fsp3) is 0.400. The van der Waals surface area contributed by atoms with Crippen molar-refractivity contribution in [1.82, 2.24) is 19.4 Å². The van der Waals surface area contributed by atoms with Gasteiger partial charge in [-0.15, -0.1) is 0 Å². The lowest BCUT2D eigenvalue weighted by Crippen LogP contribution is -2.39. The number of likely N-dealkylation sites (tertiary alicyclic amines) is 1. The summed E-state index contributed by atoms with van der Waals surface area (Å²) in [6.45, 7) is 3.58. The summed E-state index contributed by atoms with van der Waals surface area (Å²) in [4.78, 5) is 11.4. The first-order valence-corrected chi connectivity index (χ1v) is 8.93. The second-order valence-corrected chi connectivity index (χ2v) is 6.75. The molecule has 3 heterocycles. The standard InChI is InChI=1S/C20H24N4O/c1-23-19-9-3-2-8-18(19)22-20(23)14-24-11-5-7-17(13-24)25-15-16-6-4-10-21-12-16/h2-4,6,8-10,12,17H,5,7,11,13-15H2,1H3/t17-/m1/s1. The fourth-order valence-electron chi connectivity index (χ4n) is 3.53. The van der Waals surface area contributed by atoms with Gasteiger partial charge < -0.3 is 9.30 Å². The van der Waals surface area contributed by atoms with Gasteiger partial charge in [0.1, 0.15) is 5.82 Å². The summed E-state index contributed by atoms with van der Waals surface area (Å²) in [5.41, 5.74) is 3.40. The summed E-state index contributed by atoms with van der Waals surface area (Å²) in [6.07, 6.45) is 6.24. The molecule has 5 nitrogen and oxygen atoms in total. The number of ether oxygens (including phenoxy) is 1. The maximum Gasteiger partial charge on any atom is 0.123 e. The first-order valence-electron chi connectivity index (χ1n) is 8.93. The van der Waals surface area contributed by atoms with E-state index in [-0.39, 0.29) is 6.10 Å². The van der Waals surface area contributed by atoms with Gasteiger partial charge in [-0.05, 0) is 43.1 Å². The average molecular weight is 336 g/mol. The van der Waals surface area contributed by atoms with E-state index < -0.39 is 0 Å². The minimum atomic E-state index is 0.281. The van der Waals surface area contributed by atoms with E-state index in [1.807, 2.05) is 18.3 Å². The molecule has 1 atom stereocenters. The monoisotopic (exact) mass is 336 g/mol. The number of piperidine rings is 1. The molecule has 4 rings (SSSR count). The zero-order chi connectivity index (χ0) is 17.1. The minimum absolute atomic E-state index is 0.281. The highest BCUT2D eigenvalue weighted by atomic mass is 16.5. The van der Waals surface area contributed by atoms with Gasteiger partial charge >= 0.3 is 0 Å². The van der Waals surface area contributed by atoms with Crippen LogP contribution in [0.1, 0.15) is 24.2 Å². The van der Waals surface area contributed by atoms with Crippen LogP contribution in [0.4, 0.5) is 0 Å². The second kappa shape index (κ2) is 7.33. The fourth-order valence-corrected chi connectivity index (χ4v) is 3.53. The quantitative estimate of drug-likeness (QED) is 0.718. The van der Waals surface area contributed by atoms with Crippen LogP contribution in [0.15, 0.2) is 48.8 Å². The van der Waals surface area contributed by atoms with Crippen molar-refractivity contribution in [3.8, 4) is 0 Å². The molecule has 0 bridgehead atoms. The number of benzene rings is 1. The number of aromatic nitrogens is 3. The van der Waals surface area contributed by atoms with Crippen LogP contribution in [-0.2, 0) is 24.9 Å². The van der Waals surface area contributed by atoms with Crippen LogP contribution in [0.3, 0.4) is 0 Å². The summed E-state index contributed by atoms with van der Waals surface area (Å²) >= 11 is 0. The molecule has 0 aliphatic carbocycles. The number of nitrogens with zero attached hydrogens (tertiary/aromatic N) is 4. The molecule has 0 amide bonds. The summed E-state index contributed by atoms with van der Waals surface area (Å²) in [6, 6.07) is 12.3. The number of para-hydroxylation sites is 2. The molecule has 0 N–H and O–H groups in total. The van der Waals surface area contributed by atoms with Gasteiger partial charge in [-0.25, -0.2) is 4.98 Å². The van der Waals surface area contributed by atoms with E-state index >= 15 is 0 Å². The third kappa shape index (κ3) is 3.72. The van der Waals surface area contributed by atoms with Crippen LogP contribution < -0.4 is 0 Å². The van der Waals surface area contributed by atoms with Crippen molar-refractivity contribution in [2.45, 2.75) is 32.1 Å². The van der Waals surface area contributed by atoms with Crippen molar-refractivity contribution >= 4 is 11.0 Å². The van der Waals surface area contributed by atoms with Crippen LogP contribution >= 0.6 is 0 Å². The summed E-state index contributed by atoms with van der Waals surface area (Å²) in [5, 5.41) is 0. The molecule has 2 aromatic heterocycles. The summed E-state index contributed by atoms with van der Waals surface area (Å²) < 4.78 is 8.32. The van der Waals surface area contributed by atoms with Crippen molar-refractivity contribution in [2.24, 2.45) is 7.05 Å². The maximum absolute atomic E-state index is 6.12. The van der Waals surface area contributed by atoms with Gasteiger partial charge in [-0.1, -0.05) is 18.2 Å². The highest BCUT2D eigenvalue weighted by Crippen LogP contribution is 2.19. The Kier molecular flexibility index (Phi) is 4.76. The third-order valence-electron chi connectivity index (χ3n) is 4.92. The number of rotatable bonds is 5. The lowest BCUT2D eigenvalue weighted by atomic mass is 10.1. The Morgan fingerprint density at radius 3 is 2.96 bits per heavy atom. The molecule has 1 aliphatic rings. The summed E-state index contributed by atoms with van der Waals surface area (Å²) in [7, 11) is 2.10. The largest absolute Gasteiger partial charge is 0.372 e. The lowest BCUT2D eigenvalue weighted by molar-refractivity contribution is -0.0128. The Hall–Kier alpha value is -2.24. The van der Waals surface area contributed by atoms with Crippen LogP contribution in [0.5, 0.6) is 0 Å². The first-order chi connectivity index (χ1) is 12.3. The van der Waals surface area contributed by atoms with E-state index in [1.165, 1.54) is 11.9 Å². The molecule has 5 heteroatoms. The van der Waals surface area contributed by atoms with Crippen LogP contribution in [0, 0.1) is 0 Å². The molecular weight excluding hydrogens is 312 g/mol. The Bertz CT molecular complexity index is 830. The molecule has 0 unspecified atom stereocenters. The SMILES string of the molecule is Cn1c(CN2CCC[C@@H](OCc3cccnc3)C2)nc2ccccc21.